The van der Waals surface area contributed by atoms with Gasteiger partial charge in [0.2, 0.25) is 0 Å². The maximum absolute atomic E-state index is 11.1. The van der Waals surface area contributed by atoms with Gasteiger partial charge < -0.3 is 14.9 Å². The van der Waals surface area contributed by atoms with Crippen LogP contribution < -0.4 is 4.74 Å². The molecule has 0 aromatic heterocycles. The van der Waals surface area contributed by atoms with Gasteiger partial charge in [-0.1, -0.05) is 25.0 Å². The molecule has 0 aliphatic heterocycles. The molecule has 0 bridgehead atoms. The van der Waals surface area contributed by atoms with Crippen molar-refractivity contribution < 1.29 is 19.7 Å². The number of nitrogens with zero attached hydrogens (tertiary/aromatic N) is 1. The van der Waals surface area contributed by atoms with Crippen LogP contribution >= 0.6 is 0 Å². The van der Waals surface area contributed by atoms with Gasteiger partial charge in [0.05, 0.1) is 13.2 Å². The van der Waals surface area contributed by atoms with Gasteiger partial charge >= 0.3 is 5.97 Å². The van der Waals surface area contributed by atoms with Gasteiger partial charge in [0.1, 0.15) is 0 Å². The van der Waals surface area contributed by atoms with Crippen molar-refractivity contribution in [3.8, 4) is 11.5 Å². The molecule has 5 nitrogen and oxygen atoms in total. The van der Waals surface area contributed by atoms with E-state index in [1.807, 2.05) is 24.0 Å². The van der Waals surface area contributed by atoms with Crippen LogP contribution in [0.25, 0.3) is 0 Å². The predicted molar refractivity (Wildman–Crippen MR) is 79.6 cm³/mol. The third-order valence-electron chi connectivity index (χ3n) is 3.94. The highest BCUT2D eigenvalue weighted by atomic mass is 16.5. The lowest BCUT2D eigenvalue weighted by molar-refractivity contribution is -0.139. The number of carboxylic acids is 1. The van der Waals surface area contributed by atoms with E-state index in [9.17, 15) is 9.90 Å². The smallest absolute Gasteiger partial charge is 0.317 e. The van der Waals surface area contributed by atoms with Crippen LogP contribution in [0, 0.1) is 0 Å². The van der Waals surface area contributed by atoms with Crippen molar-refractivity contribution >= 4 is 5.97 Å². The van der Waals surface area contributed by atoms with Crippen molar-refractivity contribution in [1.82, 2.24) is 4.90 Å². The van der Waals surface area contributed by atoms with E-state index in [2.05, 4.69) is 0 Å². The van der Waals surface area contributed by atoms with Crippen molar-refractivity contribution in [2.24, 2.45) is 0 Å². The molecule has 2 rings (SSSR count). The number of para-hydroxylation sites is 1. The van der Waals surface area contributed by atoms with Crippen LogP contribution in [-0.4, -0.2) is 40.3 Å². The van der Waals surface area contributed by atoms with Gasteiger partial charge in [0, 0.05) is 18.2 Å². The van der Waals surface area contributed by atoms with Crippen LogP contribution in [0.5, 0.6) is 11.5 Å². The Balaban J connectivity index is 2.15. The lowest BCUT2D eigenvalue weighted by Crippen LogP contribution is -2.37. The molecule has 0 heterocycles. The zero-order valence-corrected chi connectivity index (χ0v) is 12.4. The second kappa shape index (κ2) is 7.31. The molecule has 1 saturated carbocycles. The van der Waals surface area contributed by atoms with Crippen molar-refractivity contribution in [3.63, 3.8) is 0 Å². The van der Waals surface area contributed by atoms with Gasteiger partial charge in [0.25, 0.3) is 0 Å². The summed E-state index contributed by atoms with van der Waals surface area (Å²) in [5.41, 5.74) is 0.717. The molecule has 1 aromatic rings. The highest BCUT2D eigenvalue weighted by Crippen LogP contribution is 2.32. The van der Waals surface area contributed by atoms with E-state index in [1.165, 1.54) is 0 Å². The molecule has 0 atom stereocenters. The largest absolute Gasteiger partial charge is 0.504 e. The fourth-order valence-electron chi connectivity index (χ4n) is 2.94. The molecule has 1 aliphatic rings. The number of phenols is 1. The van der Waals surface area contributed by atoms with Crippen molar-refractivity contribution in [1.29, 1.82) is 0 Å². The summed E-state index contributed by atoms with van der Waals surface area (Å²) in [7, 11) is 0. The molecule has 116 valence electrons. The Morgan fingerprint density at radius 3 is 2.71 bits per heavy atom. The molecule has 0 spiro atoms. The highest BCUT2D eigenvalue weighted by molar-refractivity contribution is 5.69. The minimum atomic E-state index is -0.831. The average Bonchev–Trinajstić information content (AvgIpc) is 2.96. The normalized spacial score (nSPS) is 15.5. The highest BCUT2D eigenvalue weighted by Gasteiger charge is 2.25. The maximum atomic E-state index is 11.1. The van der Waals surface area contributed by atoms with Crippen LogP contribution in [0.4, 0.5) is 0 Å². The van der Waals surface area contributed by atoms with Gasteiger partial charge in [-0.15, -0.1) is 0 Å². The Morgan fingerprint density at radius 2 is 2.10 bits per heavy atom. The van der Waals surface area contributed by atoms with E-state index >= 15 is 0 Å². The first-order valence-electron chi connectivity index (χ1n) is 7.51. The van der Waals surface area contributed by atoms with Crippen LogP contribution in [0.1, 0.15) is 38.2 Å². The first-order valence-corrected chi connectivity index (χ1v) is 7.51. The zero-order chi connectivity index (χ0) is 15.2. The third-order valence-corrected chi connectivity index (χ3v) is 3.94. The fraction of sp³-hybridized carbons (Fsp3) is 0.562. The fourth-order valence-corrected chi connectivity index (χ4v) is 2.94. The molecule has 0 radical (unpaired) electrons. The second-order valence-electron chi connectivity index (χ2n) is 5.43. The Kier molecular flexibility index (Phi) is 5.44. The SMILES string of the molecule is CCOc1cccc(CN(CC(=O)O)C2CCCC2)c1O. The summed E-state index contributed by atoms with van der Waals surface area (Å²) in [5, 5.41) is 19.3. The molecule has 2 N–H and O–H groups in total. The minimum Gasteiger partial charge on any atom is -0.504 e. The van der Waals surface area contributed by atoms with Crippen molar-refractivity contribution in [2.45, 2.75) is 45.2 Å². The first-order chi connectivity index (χ1) is 10.1. The second-order valence-corrected chi connectivity index (χ2v) is 5.43. The number of ether oxygens (including phenoxy) is 1. The Labute approximate surface area is 125 Å². The Morgan fingerprint density at radius 1 is 1.38 bits per heavy atom. The summed E-state index contributed by atoms with van der Waals surface area (Å²) in [4.78, 5) is 13.0. The van der Waals surface area contributed by atoms with E-state index in [0.29, 0.717) is 24.5 Å². The number of hydrogen-bond acceptors (Lipinski definition) is 4. The number of hydrogen-bond donors (Lipinski definition) is 2. The molecule has 5 heteroatoms. The number of benzene rings is 1. The molecule has 0 saturated heterocycles. The zero-order valence-electron chi connectivity index (χ0n) is 12.4. The van der Waals surface area contributed by atoms with E-state index in [-0.39, 0.29) is 18.3 Å². The van der Waals surface area contributed by atoms with Crippen LogP contribution in [0.3, 0.4) is 0 Å². The third kappa shape index (κ3) is 4.11. The van der Waals surface area contributed by atoms with Gasteiger partial charge in [-0.2, -0.15) is 0 Å². The predicted octanol–water partition coefficient (Wildman–Crippen LogP) is 2.62. The summed E-state index contributed by atoms with van der Waals surface area (Å²) in [6.45, 7) is 2.78. The number of phenolic OH excluding ortho intramolecular Hbond substituents is 1. The van der Waals surface area contributed by atoms with E-state index < -0.39 is 5.97 Å². The summed E-state index contributed by atoms with van der Waals surface area (Å²) in [5.74, 6) is -0.258. The number of carboxylic acid groups (broad SMARTS) is 1. The monoisotopic (exact) mass is 293 g/mol. The Bertz CT molecular complexity index is 483. The molecular formula is C16H23NO4. The number of aromatic hydroxyl groups is 1. The maximum Gasteiger partial charge on any atom is 0.317 e. The standard InChI is InChI=1S/C16H23NO4/c1-2-21-14-9-5-6-12(16(14)20)10-17(11-15(18)19)13-7-3-4-8-13/h5-6,9,13,20H,2-4,7-8,10-11H2,1H3,(H,18,19). The van der Waals surface area contributed by atoms with Crippen molar-refractivity contribution in [3.05, 3.63) is 23.8 Å². The van der Waals surface area contributed by atoms with E-state index in [4.69, 9.17) is 9.84 Å². The van der Waals surface area contributed by atoms with Crippen molar-refractivity contribution in [2.75, 3.05) is 13.2 Å². The van der Waals surface area contributed by atoms with Crippen LogP contribution in [0.15, 0.2) is 18.2 Å². The van der Waals surface area contributed by atoms with E-state index in [1.54, 1.807) is 6.07 Å². The average molecular weight is 293 g/mol. The number of rotatable bonds is 7. The quantitative estimate of drug-likeness (QED) is 0.808. The molecule has 0 unspecified atom stereocenters. The molecule has 0 amide bonds. The number of aliphatic carboxylic acids is 1. The lowest BCUT2D eigenvalue weighted by Gasteiger charge is -2.27. The van der Waals surface area contributed by atoms with Gasteiger partial charge in [-0.3, -0.25) is 9.69 Å². The summed E-state index contributed by atoms with van der Waals surface area (Å²) < 4.78 is 5.38. The number of carbonyl (C=O) groups is 1. The molecule has 21 heavy (non-hydrogen) atoms. The molecule has 1 aliphatic carbocycles. The lowest BCUT2D eigenvalue weighted by atomic mass is 10.1. The topological polar surface area (TPSA) is 70.0 Å². The van der Waals surface area contributed by atoms with Gasteiger partial charge in [-0.25, -0.2) is 0 Å². The minimum absolute atomic E-state index is 0.00295. The summed E-state index contributed by atoms with van der Waals surface area (Å²) in [6, 6.07) is 5.66. The summed E-state index contributed by atoms with van der Waals surface area (Å²) >= 11 is 0. The van der Waals surface area contributed by atoms with Gasteiger partial charge in [0.15, 0.2) is 11.5 Å². The van der Waals surface area contributed by atoms with Crippen LogP contribution in [0.2, 0.25) is 0 Å². The van der Waals surface area contributed by atoms with Gasteiger partial charge in [-0.05, 0) is 25.8 Å². The molecule has 1 fully saturated rings. The summed E-state index contributed by atoms with van der Waals surface area (Å²) in [6.07, 6.45) is 4.34. The van der Waals surface area contributed by atoms with E-state index in [0.717, 1.165) is 25.7 Å². The first kappa shape index (κ1) is 15.6. The van der Waals surface area contributed by atoms with Crippen LogP contribution in [-0.2, 0) is 11.3 Å². The molecular weight excluding hydrogens is 270 g/mol. The molecule has 1 aromatic carbocycles. The Hall–Kier alpha value is -1.75.